The number of benzene rings is 1. The number of ether oxygens (including phenoxy) is 1. The number of aliphatic hydroxyl groups excluding tert-OH is 1. The molecule has 6 aliphatic carbocycles. The molecular weight excluding hydrogens is 560 g/mol. The Balaban J connectivity index is 1.18. The molecule has 2 aromatic heterocycles. The predicted molar refractivity (Wildman–Crippen MR) is 165 cm³/mol. The van der Waals surface area contributed by atoms with Gasteiger partial charge in [-0.15, -0.1) is 0 Å². The van der Waals surface area contributed by atoms with Crippen LogP contribution in [0.4, 0.5) is 0 Å². The van der Waals surface area contributed by atoms with E-state index in [9.17, 15) is 15.0 Å². The van der Waals surface area contributed by atoms with E-state index in [0.29, 0.717) is 24.4 Å². The number of aromatic nitrogens is 2. The summed E-state index contributed by atoms with van der Waals surface area (Å²) >= 11 is 1.58. The van der Waals surface area contributed by atoms with Crippen molar-refractivity contribution in [2.45, 2.75) is 75.7 Å². The summed E-state index contributed by atoms with van der Waals surface area (Å²) in [6, 6.07) is 9.34. The molecule has 2 bridgehead atoms. The molecule has 2 spiro atoms. The van der Waals surface area contributed by atoms with Crippen LogP contribution in [-0.4, -0.2) is 50.5 Å². The molecule has 6 aliphatic rings. The van der Waals surface area contributed by atoms with E-state index in [0.717, 1.165) is 59.6 Å². The lowest BCUT2D eigenvalue weighted by Gasteiger charge is -2.71. The highest BCUT2D eigenvalue weighted by Gasteiger charge is 2.74. The van der Waals surface area contributed by atoms with Crippen LogP contribution in [0, 0.1) is 33.5 Å². The Morgan fingerprint density at radius 2 is 1.91 bits per heavy atom. The number of hydrogen-bond acceptors (Lipinski definition) is 7. The zero-order chi connectivity index (χ0) is 29.8. The number of carbonyl (C=O) groups is 1. The highest BCUT2D eigenvalue weighted by Crippen LogP contribution is 2.78. The smallest absolute Gasteiger partial charge is 0.224 e. The molecule has 3 fully saturated rings. The number of Topliss-reactive ketones (excluding diaryl/α,β-unsaturated/α-hetero) is 1. The van der Waals surface area contributed by atoms with Crippen molar-refractivity contribution in [3.05, 3.63) is 66.2 Å². The molecule has 3 N–H and O–H groups in total. The maximum atomic E-state index is 14.3. The van der Waals surface area contributed by atoms with Crippen LogP contribution >= 0.6 is 11.8 Å². The summed E-state index contributed by atoms with van der Waals surface area (Å²) in [6.07, 6.45) is 13.9. The molecule has 8 atom stereocenters. The number of carbonyl (C=O) groups excluding carboxylic acids is 1. The maximum absolute atomic E-state index is 14.3. The number of methoxy groups -OCH3 is 1. The Morgan fingerprint density at radius 1 is 1.12 bits per heavy atom. The zero-order valence-electron chi connectivity index (χ0n) is 25.1. The maximum Gasteiger partial charge on any atom is 0.224 e. The molecule has 7 nitrogen and oxygen atoms in total. The lowest BCUT2D eigenvalue weighted by molar-refractivity contribution is -0.166. The summed E-state index contributed by atoms with van der Waals surface area (Å²) in [5.41, 5.74) is 0.416. The van der Waals surface area contributed by atoms with Crippen LogP contribution in [0.3, 0.4) is 0 Å². The minimum Gasteiger partial charge on any atom is -0.497 e. The summed E-state index contributed by atoms with van der Waals surface area (Å²) in [7, 11) is 1.66. The van der Waals surface area contributed by atoms with Crippen LogP contribution in [0.1, 0.15) is 69.3 Å². The minimum absolute atomic E-state index is 0.0485. The number of nitrogens with zero attached hydrogens (tertiary/aromatic N) is 1. The zero-order valence-corrected chi connectivity index (χ0v) is 25.9. The van der Waals surface area contributed by atoms with Gasteiger partial charge < -0.3 is 24.4 Å². The van der Waals surface area contributed by atoms with Crippen LogP contribution in [0.25, 0.3) is 11.0 Å². The van der Waals surface area contributed by atoms with Crippen molar-refractivity contribution in [2.75, 3.05) is 12.9 Å². The lowest BCUT2D eigenvalue weighted by atomic mass is 9.32. The van der Waals surface area contributed by atoms with Crippen LogP contribution < -0.4 is 4.74 Å². The quantitative estimate of drug-likeness (QED) is 0.164. The third kappa shape index (κ3) is 3.51. The van der Waals surface area contributed by atoms with Crippen molar-refractivity contribution in [2.24, 2.45) is 33.5 Å². The summed E-state index contributed by atoms with van der Waals surface area (Å²) < 4.78 is 11.1. The van der Waals surface area contributed by atoms with Crippen molar-refractivity contribution in [3.8, 4) is 5.75 Å². The Kier molecular flexibility index (Phi) is 5.88. The average molecular weight is 601 g/mol. The van der Waals surface area contributed by atoms with E-state index in [-0.39, 0.29) is 40.0 Å². The fraction of sp³-hybridized carbons (Fsp3) is 0.543. The van der Waals surface area contributed by atoms with E-state index in [4.69, 9.17) is 14.1 Å². The number of aromatic amines is 1. The molecule has 8 unspecified atom stereocenters. The first-order valence-corrected chi connectivity index (χ1v) is 16.7. The summed E-state index contributed by atoms with van der Waals surface area (Å²) in [5, 5.41) is 24.2. The second-order valence-corrected chi connectivity index (χ2v) is 15.3. The molecule has 0 radical (unpaired) electrons. The first-order chi connectivity index (χ1) is 20.6. The van der Waals surface area contributed by atoms with Crippen LogP contribution in [0.2, 0.25) is 0 Å². The monoisotopic (exact) mass is 600 g/mol. The van der Waals surface area contributed by atoms with Gasteiger partial charge in [0.15, 0.2) is 10.9 Å². The summed E-state index contributed by atoms with van der Waals surface area (Å²) in [6.45, 7) is 4.68. The molecular formula is C35H40N2O5S. The van der Waals surface area contributed by atoms with E-state index >= 15 is 0 Å². The largest absolute Gasteiger partial charge is 0.497 e. The predicted octanol–water partition coefficient (Wildman–Crippen LogP) is 6.73. The third-order valence-corrected chi connectivity index (χ3v) is 13.9. The SMILES string of the molecule is COc1ccc2nc(SCC3(O)CCC4C56C=CC7(C=C5C(=O)c5ccco5)CC(O)CCC7(C)C6CCC43C)[nH]c2c1. The van der Waals surface area contributed by atoms with Gasteiger partial charge in [-0.25, -0.2) is 4.98 Å². The average Bonchev–Trinajstić information content (AvgIpc) is 3.74. The Morgan fingerprint density at radius 3 is 2.70 bits per heavy atom. The minimum atomic E-state index is -0.916. The Labute approximate surface area is 256 Å². The number of H-pyrrole nitrogens is 1. The fourth-order valence-electron chi connectivity index (χ4n) is 10.5. The van der Waals surface area contributed by atoms with Gasteiger partial charge in [0, 0.05) is 33.6 Å². The molecule has 0 amide bonds. The molecule has 9 rings (SSSR count). The second kappa shape index (κ2) is 9.11. The Hall–Kier alpha value is -2.81. The van der Waals surface area contributed by atoms with E-state index in [1.807, 2.05) is 18.2 Å². The fourth-order valence-corrected chi connectivity index (χ4v) is 11.7. The van der Waals surface area contributed by atoms with Crippen molar-refractivity contribution in [1.82, 2.24) is 9.97 Å². The second-order valence-electron chi connectivity index (χ2n) is 14.3. The number of hydrogen-bond donors (Lipinski definition) is 3. The summed E-state index contributed by atoms with van der Waals surface area (Å²) in [4.78, 5) is 22.5. The number of aliphatic hydroxyl groups is 2. The van der Waals surface area contributed by atoms with Gasteiger partial charge in [-0.2, -0.15) is 0 Å². The van der Waals surface area contributed by atoms with Crippen LogP contribution in [-0.2, 0) is 0 Å². The van der Waals surface area contributed by atoms with Gasteiger partial charge in [0.25, 0.3) is 0 Å². The van der Waals surface area contributed by atoms with Gasteiger partial charge in [-0.1, -0.05) is 43.8 Å². The van der Waals surface area contributed by atoms with E-state index in [1.165, 1.54) is 0 Å². The molecule has 0 saturated heterocycles. The van der Waals surface area contributed by atoms with E-state index in [2.05, 4.69) is 37.1 Å². The van der Waals surface area contributed by atoms with Crippen LogP contribution in [0.5, 0.6) is 5.75 Å². The van der Waals surface area contributed by atoms with Gasteiger partial charge in [0.1, 0.15) is 5.75 Å². The van der Waals surface area contributed by atoms with Gasteiger partial charge >= 0.3 is 0 Å². The number of ketones is 1. The normalized spacial score (nSPS) is 41.0. The lowest BCUT2D eigenvalue weighted by Crippen LogP contribution is -2.67. The van der Waals surface area contributed by atoms with Gasteiger partial charge in [0.2, 0.25) is 5.78 Å². The number of allylic oxidation sites excluding steroid dienone is 4. The molecule has 43 heavy (non-hydrogen) atoms. The standard InChI is InChI=1S/C35H40N2O5S/c1-31-11-8-21(38)18-33(31)14-15-35(23(19-33)29(39)26-5-4-16-42-26)27(31)9-12-32(2)28(35)10-13-34(32,40)20-43-30-36-24-7-6-22(41-3)17-25(24)37-30/h4-7,14-17,19,21,27-28,38,40H,8-13,18,20H2,1-3H3,(H,36,37). The van der Waals surface area contributed by atoms with E-state index in [1.54, 1.807) is 37.3 Å². The topological polar surface area (TPSA) is 109 Å². The number of nitrogens with one attached hydrogen (secondary N) is 1. The van der Waals surface area contributed by atoms with Crippen LogP contribution in [0.15, 0.2) is 70.0 Å². The highest BCUT2D eigenvalue weighted by molar-refractivity contribution is 7.99. The third-order valence-electron chi connectivity index (χ3n) is 12.8. The molecule has 0 aliphatic heterocycles. The number of fused-ring (bicyclic) bond motifs is 2. The highest BCUT2D eigenvalue weighted by atomic mass is 32.2. The molecule has 3 saturated carbocycles. The first kappa shape index (κ1) is 27.7. The van der Waals surface area contributed by atoms with Crippen molar-refractivity contribution in [3.63, 3.8) is 0 Å². The van der Waals surface area contributed by atoms with Gasteiger partial charge in [-0.3, -0.25) is 4.79 Å². The molecule has 226 valence electrons. The number of furan rings is 1. The first-order valence-electron chi connectivity index (χ1n) is 15.7. The van der Waals surface area contributed by atoms with E-state index < -0.39 is 11.0 Å². The summed E-state index contributed by atoms with van der Waals surface area (Å²) in [5.74, 6) is 1.99. The van der Waals surface area contributed by atoms with Crippen molar-refractivity contribution < 1.29 is 24.2 Å². The Bertz CT molecular complexity index is 1680. The number of thioether (sulfide) groups is 1. The van der Waals surface area contributed by atoms with Crippen molar-refractivity contribution >= 4 is 28.6 Å². The van der Waals surface area contributed by atoms with Gasteiger partial charge in [-0.05, 0) is 86.5 Å². The molecule has 3 aromatic rings. The van der Waals surface area contributed by atoms with Crippen molar-refractivity contribution in [1.29, 1.82) is 0 Å². The molecule has 1 aromatic carbocycles. The molecule has 8 heteroatoms. The molecule has 2 heterocycles. The number of imidazole rings is 1. The number of rotatable bonds is 6. The van der Waals surface area contributed by atoms with Gasteiger partial charge in [0.05, 0.1) is 36.1 Å².